The van der Waals surface area contributed by atoms with E-state index in [0.717, 1.165) is 31.2 Å². The topological polar surface area (TPSA) is 84.9 Å². The molecule has 0 saturated heterocycles. The van der Waals surface area contributed by atoms with Gasteiger partial charge in [-0.25, -0.2) is 4.79 Å². The molecule has 0 bridgehead atoms. The number of benzene rings is 2. The Labute approximate surface area is 164 Å². The van der Waals surface area contributed by atoms with Crippen LogP contribution in [0.5, 0.6) is 11.5 Å². The molecule has 0 aliphatic heterocycles. The minimum absolute atomic E-state index is 0.122. The van der Waals surface area contributed by atoms with Crippen LogP contribution in [-0.4, -0.2) is 36.2 Å². The van der Waals surface area contributed by atoms with E-state index in [-0.39, 0.29) is 12.5 Å². The van der Waals surface area contributed by atoms with E-state index in [0.29, 0.717) is 17.1 Å². The van der Waals surface area contributed by atoms with Crippen molar-refractivity contribution in [1.82, 2.24) is 5.32 Å². The van der Waals surface area contributed by atoms with Gasteiger partial charge in [0.1, 0.15) is 6.04 Å². The molecule has 1 amide bonds. The average molecular weight is 383 g/mol. The first-order chi connectivity index (χ1) is 13.6. The molecule has 0 aromatic heterocycles. The molecule has 6 nitrogen and oxygen atoms in total. The van der Waals surface area contributed by atoms with Crippen molar-refractivity contribution in [2.24, 2.45) is 0 Å². The van der Waals surface area contributed by atoms with Gasteiger partial charge in [0, 0.05) is 12.0 Å². The third-order valence-corrected chi connectivity index (χ3v) is 4.91. The Morgan fingerprint density at radius 2 is 1.82 bits per heavy atom. The van der Waals surface area contributed by atoms with Crippen LogP contribution in [0.25, 0.3) is 0 Å². The SMILES string of the molecule is COc1ccc(C(=O)NC(Cc2ccccc2)C(=O)O)cc1OC1CCCC1. The van der Waals surface area contributed by atoms with Gasteiger partial charge in [-0.3, -0.25) is 4.79 Å². The largest absolute Gasteiger partial charge is 0.493 e. The van der Waals surface area contributed by atoms with E-state index in [4.69, 9.17) is 9.47 Å². The first-order valence-corrected chi connectivity index (χ1v) is 9.49. The van der Waals surface area contributed by atoms with Gasteiger partial charge in [0.15, 0.2) is 11.5 Å². The number of ether oxygens (including phenoxy) is 2. The van der Waals surface area contributed by atoms with Gasteiger partial charge >= 0.3 is 5.97 Å². The van der Waals surface area contributed by atoms with E-state index in [9.17, 15) is 14.7 Å². The second-order valence-corrected chi connectivity index (χ2v) is 6.94. The summed E-state index contributed by atoms with van der Waals surface area (Å²) >= 11 is 0. The van der Waals surface area contributed by atoms with Crippen molar-refractivity contribution in [1.29, 1.82) is 0 Å². The Hall–Kier alpha value is -3.02. The fraction of sp³-hybridized carbons (Fsp3) is 0.364. The lowest BCUT2D eigenvalue weighted by molar-refractivity contribution is -0.139. The lowest BCUT2D eigenvalue weighted by Crippen LogP contribution is -2.42. The number of carbonyl (C=O) groups excluding carboxylic acids is 1. The van der Waals surface area contributed by atoms with Crippen LogP contribution in [0.3, 0.4) is 0 Å². The van der Waals surface area contributed by atoms with E-state index in [1.54, 1.807) is 25.3 Å². The van der Waals surface area contributed by atoms with Gasteiger partial charge in [-0.1, -0.05) is 30.3 Å². The van der Waals surface area contributed by atoms with Gasteiger partial charge in [-0.15, -0.1) is 0 Å². The number of hydrogen-bond donors (Lipinski definition) is 2. The van der Waals surface area contributed by atoms with Crippen molar-refractivity contribution in [3.8, 4) is 11.5 Å². The smallest absolute Gasteiger partial charge is 0.326 e. The zero-order chi connectivity index (χ0) is 19.9. The quantitative estimate of drug-likeness (QED) is 0.729. The van der Waals surface area contributed by atoms with Gasteiger partial charge in [-0.05, 0) is 49.4 Å². The van der Waals surface area contributed by atoms with Crippen molar-refractivity contribution in [3.63, 3.8) is 0 Å². The molecule has 2 N–H and O–H groups in total. The lowest BCUT2D eigenvalue weighted by Gasteiger charge is -2.18. The molecule has 0 heterocycles. The predicted octanol–water partition coefficient (Wildman–Crippen LogP) is 3.44. The van der Waals surface area contributed by atoms with Crippen LogP contribution in [0, 0.1) is 0 Å². The van der Waals surface area contributed by atoms with E-state index >= 15 is 0 Å². The van der Waals surface area contributed by atoms with Crippen molar-refractivity contribution >= 4 is 11.9 Å². The monoisotopic (exact) mass is 383 g/mol. The number of carbonyl (C=O) groups is 2. The molecule has 1 aliphatic rings. The Balaban J connectivity index is 1.73. The normalized spacial score (nSPS) is 15.0. The molecule has 1 fully saturated rings. The summed E-state index contributed by atoms with van der Waals surface area (Å²) in [6.07, 6.45) is 4.57. The van der Waals surface area contributed by atoms with Crippen molar-refractivity contribution < 1.29 is 24.2 Å². The van der Waals surface area contributed by atoms with E-state index in [1.165, 1.54) is 0 Å². The summed E-state index contributed by atoms with van der Waals surface area (Å²) in [5.41, 5.74) is 1.18. The van der Waals surface area contributed by atoms with Gasteiger partial charge < -0.3 is 19.9 Å². The average Bonchev–Trinajstić information content (AvgIpc) is 3.21. The van der Waals surface area contributed by atoms with Gasteiger partial charge in [0.2, 0.25) is 0 Å². The van der Waals surface area contributed by atoms with Crippen LogP contribution in [0.1, 0.15) is 41.6 Å². The number of carboxylic acid groups (broad SMARTS) is 1. The summed E-state index contributed by atoms with van der Waals surface area (Å²) < 4.78 is 11.4. The number of carboxylic acids is 1. The Morgan fingerprint density at radius 1 is 1.11 bits per heavy atom. The van der Waals surface area contributed by atoms with Crippen molar-refractivity contribution in [2.45, 2.75) is 44.2 Å². The molecule has 1 saturated carbocycles. The molecule has 1 aliphatic carbocycles. The van der Waals surface area contributed by atoms with Crippen LogP contribution in [0.4, 0.5) is 0 Å². The Morgan fingerprint density at radius 3 is 2.46 bits per heavy atom. The third kappa shape index (κ3) is 5.03. The molecular weight excluding hydrogens is 358 g/mol. The summed E-state index contributed by atoms with van der Waals surface area (Å²) in [7, 11) is 1.55. The fourth-order valence-corrected chi connectivity index (χ4v) is 3.39. The molecule has 28 heavy (non-hydrogen) atoms. The first-order valence-electron chi connectivity index (χ1n) is 9.49. The fourth-order valence-electron chi connectivity index (χ4n) is 3.39. The number of methoxy groups -OCH3 is 1. The highest BCUT2D eigenvalue weighted by atomic mass is 16.5. The number of nitrogens with one attached hydrogen (secondary N) is 1. The number of amides is 1. The van der Waals surface area contributed by atoms with Crippen LogP contribution >= 0.6 is 0 Å². The second-order valence-electron chi connectivity index (χ2n) is 6.94. The Kier molecular flexibility index (Phi) is 6.53. The van der Waals surface area contributed by atoms with Crippen LogP contribution < -0.4 is 14.8 Å². The zero-order valence-corrected chi connectivity index (χ0v) is 15.9. The van der Waals surface area contributed by atoms with E-state index < -0.39 is 17.9 Å². The first kappa shape index (κ1) is 19.7. The molecule has 148 valence electrons. The second kappa shape index (κ2) is 9.26. The molecule has 0 radical (unpaired) electrons. The maximum atomic E-state index is 12.7. The Bertz CT molecular complexity index is 815. The molecule has 0 spiro atoms. The molecule has 2 aromatic rings. The minimum atomic E-state index is -1.08. The van der Waals surface area contributed by atoms with Gasteiger partial charge in [0.25, 0.3) is 5.91 Å². The third-order valence-electron chi connectivity index (χ3n) is 4.91. The highest BCUT2D eigenvalue weighted by Gasteiger charge is 2.23. The van der Waals surface area contributed by atoms with Gasteiger partial charge in [0.05, 0.1) is 13.2 Å². The van der Waals surface area contributed by atoms with Crippen LogP contribution in [0.15, 0.2) is 48.5 Å². The highest BCUT2D eigenvalue weighted by Crippen LogP contribution is 2.32. The molecular formula is C22H25NO5. The van der Waals surface area contributed by atoms with Gasteiger partial charge in [-0.2, -0.15) is 0 Å². The van der Waals surface area contributed by atoms with Crippen LogP contribution in [0.2, 0.25) is 0 Å². The summed E-state index contributed by atoms with van der Waals surface area (Å²) in [6.45, 7) is 0. The lowest BCUT2D eigenvalue weighted by atomic mass is 10.1. The van der Waals surface area contributed by atoms with Crippen LogP contribution in [-0.2, 0) is 11.2 Å². The van der Waals surface area contributed by atoms with Crippen molar-refractivity contribution in [3.05, 3.63) is 59.7 Å². The standard InChI is InChI=1S/C22H25NO5/c1-27-19-12-11-16(14-20(19)28-17-9-5-6-10-17)21(24)23-18(22(25)26)13-15-7-3-2-4-8-15/h2-4,7-8,11-12,14,17-18H,5-6,9-10,13H2,1H3,(H,23,24)(H,25,26). The number of hydrogen-bond acceptors (Lipinski definition) is 4. The number of aliphatic carboxylic acids is 1. The highest BCUT2D eigenvalue weighted by molar-refractivity contribution is 5.97. The summed E-state index contributed by atoms with van der Waals surface area (Å²) in [6, 6.07) is 13.1. The summed E-state index contributed by atoms with van der Waals surface area (Å²) in [4.78, 5) is 24.3. The molecule has 3 rings (SSSR count). The maximum absolute atomic E-state index is 12.7. The molecule has 1 unspecified atom stereocenters. The summed E-state index contributed by atoms with van der Waals surface area (Å²) in [5, 5.41) is 12.1. The molecule has 6 heteroatoms. The zero-order valence-electron chi connectivity index (χ0n) is 15.9. The molecule has 1 atom stereocenters. The molecule has 2 aromatic carbocycles. The summed E-state index contributed by atoms with van der Waals surface area (Å²) in [5.74, 6) is -0.463. The van der Waals surface area contributed by atoms with Crippen molar-refractivity contribution in [2.75, 3.05) is 7.11 Å². The maximum Gasteiger partial charge on any atom is 0.326 e. The predicted molar refractivity (Wildman–Crippen MR) is 105 cm³/mol. The minimum Gasteiger partial charge on any atom is -0.493 e. The van der Waals surface area contributed by atoms with E-state index in [2.05, 4.69) is 5.32 Å². The van der Waals surface area contributed by atoms with E-state index in [1.807, 2.05) is 30.3 Å². The number of rotatable bonds is 8.